The molecule has 108 valence electrons. The van der Waals surface area contributed by atoms with Crippen molar-refractivity contribution in [2.75, 3.05) is 18.5 Å². The summed E-state index contributed by atoms with van der Waals surface area (Å²) in [6.45, 7) is 5.69. The number of hydrogen-bond donors (Lipinski definition) is 1. The van der Waals surface area contributed by atoms with Crippen molar-refractivity contribution in [1.29, 1.82) is 0 Å². The minimum atomic E-state index is -4.23. The molecule has 3 nitrogen and oxygen atoms in total. The predicted molar refractivity (Wildman–Crippen MR) is 70.2 cm³/mol. The lowest BCUT2D eigenvalue weighted by Crippen LogP contribution is -2.35. The van der Waals surface area contributed by atoms with Crippen LogP contribution in [-0.2, 0) is 6.54 Å². The zero-order valence-electron chi connectivity index (χ0n) is 11.7. The molecular formula is C13H20F3N3. The lowest BCUT2D eigenvalue weighted by molar-refractivity contribution is -0.119. The molecular weight excluding hydrogens is 255 g/mol. The van der Waals surface area contributed by atoms with E-state index in [0.29, 0.717) is 12.4 Å². The van der Waals surface area contributed by atoms with E-state index in [0.717, 1.165) is 10.5 Å². The Hall–Kier alpha value is -1.30. The Morgan fingerprint density at radius 3 is 2.42 bits per heavy atom. The zero-order chi connectivity index (χ0) is 14.7. The van der Waals surface area contributed by atoms with Crippen LogP contribution in [0.2, 0.25) is 0 Å². The van der Waals surface area contributed by atoms with Gasteiger partial charge in [-0.3, -0.25) is 0 Å². The zero-order valence-corrected chi connectivity index (χ0v) is 11.7. The predicted octanol–water partition coefficient (Wildman–Crippen LogP) is 2.97. The maximum atomic E-state index is 12.3. The van der Waals surface area contributed by atoms with Crippen LogP contribution in [0.25, 0.3) is 0 Å². The van der Waals surface area contributed by atoms with Crippen molar-refractivity contribution in [3.63, 3.8) is 0 Å². The molecule has 0 aliphatic carbocycles. The molecule has 0 amide bonds. The molecule has 6 heteroatoms. The largest absolute Gasteiger partial charge is 0.405 e. The first kappa shape index (κ1) is 15.8. The number of rotatable bonds is 4. The van der Waals surface area contributed by atoms with Gasteiger partial charge in [-0.05, 0) is 38.5 Å². The first-order valence-corrected chi connectivity index (χ1v) is 6.05. The van der Waals surface area contributed by atoms with Gasteiger partial charge in [-0.15, -0.1) is 0 Å². The van der Waals surface area contributed by atoms with E-state index in [-0.39, 0.29) is 5.54 Å². The minimum absolute atomic E-state index is 0.0404. The Morgan fingerprint density at radius 1 is 1.26 bits per heavy atom. The van der Waals surface area contributed by atoms with E-state index in [4.69, 9.17) is 0 Å². The summed E-state index contributed by atoms with van der Waals surface area (Å²) in [6, 6.07) is 3.47. The maximum absolute atomic E-state index is 12.3. The van der Waals surface area contributed by atoms with Crippen LogP contribution in [0, 0.1) is 0 Å². The molecule has 1 rings (SSSR count). The molecule has 19 heavy (non-hydrogen) atoms. The van der Waals surface area contributed by atoms with Crippen molar-refractivity contribution in [2.24, 2.45) is 0 Å². The standard InChI is InChI=1S/C13H20F3N3/c1-12(2,3)18-8-10-5-6-17-11(7-10)19(4)9-13(14,15)16/h5-7,18H,8-9H2,1-4H3. The first-order valence-electron chi connectivity index (χ1n) is 6.05. The number of nitrogens with one attached hydrogen (secondary N) is 1. The fourth-order valence-electron chi connectivity index (χ4n) is 1.50. The quantitative estimate of drug-likeness (QED) is 0.915. The molecule has 1 aromatic rings. The number of anilines is 1. The van der Waals surface area contributed by atoms with Crippen molar-refractivity contribution >= 4 is 5.82 Å². The van der Waals surface area contributed by atoms with Crippen LogP contribution < -0.4 is 10.2 Å². The van der Waals surface area contributed by atoms with Crippen molar-refractivity contribution in [1.82, 2.24) is 10.3 Å². The van der Waals surface area contributed by atoms with Crippen molar-refractivity contribution in [3.8, 4) is 0 Å². The second kappa shape index (κ2) is 5.77. The lowest BCUT2D eigenvalue weighted by atomic mass is 10.1. The number of hydrogen-bond acceptors (Lipinski definition) is 3. The lowest BCUT2D eigenvalue weighted by Gasteiger charge is -2.22. The summed E-state index contributed by atoms with van der Waals surface area (Å²) in [7, 11) is 1.39. The molecule has 0 fully saturated rings. The van der Waals surface area contributed by atoms with Gasteiger partial charge in [0.05, 0.1) is 0 Å². The Morgan fingerprint density at radius 2 is 1.89 bits per heavy atom. The topological polar surface area (TPSA) is 28.2 Å². The molecule has 0 saturated heterocycles. The van der Waals surface area contributed by atoms with Gasteiger partial charge in [-0.1, -0.05) is 0 Å². The Kier molecular flexibility index (Phi) is 4.79. The van der Waals surface area contributed by atoms with Crippen LogP contribution in [0.1, 0.15) is 26.3 Å². The van der Waals surface area contributed by atoms with E-state index in [9.17, 15) is 13.2 Å². The minimum Gasteiger partial charge on any atom is -0.351 e. The Labute approximate surface area is 111 Å². The second-order valence-electron chi connectivity index (χ2n) is 5.60. The molecule has 0 bridgehead atoms. The van der Waals surface area contributed by atoms with Crippen LogP contribution in [0.15, 0.2) is 18.3 Å². The summed E-state index contributed by atoms with van der Waals surface area (Å²) in [5.41, 5.74) is 0.871. The van der Waals surface area contributed by atoms with Gasteiger partial charge in [0.1, 0.15) is 12.4 Å². The van der Waals surface area contributed by atoms with Crippen molar-refractivity contribution in [3.05, 3.63) is 23.9 Å². The highest BCUT2D eigenvalue weighted by molar-refractivity contribution is 5.40. The van der Waals surface area contributed by atoms with Gasteiger partial charge in [0.15, 0.2) is 0 Å². The fourth-order valence-corrected chi connectivity index (χ4v) is 1.50. The molecule has 0 aromatic carbocycles. The van der Waals surface area contributed by atoms with Crippen LogP contribution in [0.5, 0.6) is 0 Å². The molecule has 0 aliphatic rings. The Balaban J connectivity index is 2.71. The smallest absolute Gasteiger partial charge is 0.351 e. The molecule has 0 aliphatic heterocycles. The molecule has 0 spiro atoms. The molecule has 0 radical (unpaired) electrons. The van der Waals surface area contributed by atoms with Gasteiger partial charge in [0.25, 0.3) is 0 Å². The van der Waals surface area contributed by atoms with E-state index in [2.05, 4.69) is 10.3 Å². The maximum Gasteiger partial charge on any atom is 0.405 e. The van der Waals surface area contributed by atoms with E-state index in [1.807, 2.05) is 20.8 Å². The first-order chi connectivity index (χ1) is 8.57. The average molecular weight is 275 g/mol. The highest BCUT2D eigenvalue weighted by Gasteiger charge is 2.29. The molecule has 0 saturated carbocycles. The normalized spacial score (nSPS) is 12.6. The molecule has 1 N–H and O–H groups in total. The van der Waals surface area contributed by atoms with Gasteiger partial charge >= 0.3 is 6.18 Å². The molecule has 1 aromatic heterocycles. The molecule has 0 unspecified atom stereocenters. The van der Waals surface area contributed by atoms with Crippen molar-refractivity contribution in [2.45, 2.75) is 39.0 Å². The van der Waals surface area contributed by atoms with Crippen LogP contribution in [-0.4, -0.2) is 30.3 Å². The van der Waals surface area contributed by atoms with Crippen LogP contribution in [0.3, 0.4) is 0 Å². The number of aromatic nitrogens is 1. The van der Waals surface area contributed by atoms with Gasteiger partial charge < -0.3 is 10.2 Å². The van der Waals surface area contributed by atoms with Gasteiger partial charge in [-0.2, -0.15) is 13.2 Å². The number of halogens is 3. The summed E-state index contributed by atoms with van der Waals surface area (Å²) in [4.78, 5) is 5.06. The third-order valence-corrected chi connectivity index (χ3v) is 2.44. The summed E-state index contributed by atoms with van der Waals surface area (Å²) >= 11 is 0. The second-order valence-corrected chi connectivity index (χ2v) is 5.60. The van der Waals surface area contributed by atoms with Crippen LogP contribution >= 0.6 is 0 Å². The van der Waals surface area contributed by atoms with Crippen molar-refractivity contribution < 1.29 is 13.2 Å². The van der Waals surface area contributed by atoms with E-state index in [1.54, 1.807) is 12.1 Å². The monoisotopic (exact) mass is 275 g/mol. The third-order valence-electron chi connectivity index (χ3n) is 2.44. The summed E-state index contributed by atoms with van der Waals surface area (Å²) < 4.78 is 36.9. The number of nitrogens with zero attached hydrogens (tertiary/aromatic N) is 2. The molecule has 0 atom stereocenters. The summed E-state index contributed by atoms with van der Waals surface area (Å²) in [6.07, 6.45) is -2.70. The average Bonchev–Trinajstić information content (AvgIpc) is 2.23. The van der Waals surface area contributed by atoms with E-state index >= 15 is 0 Å². The van der Waals surface area contributed by atoms with Gasteiger partial charge in [0, 0.05) is 25.3 Å². The van der Waals surface area contributed by atoms with Gasteiger partial charge in [0.2, 0.25) is 0 Å². The summed E-state index contributed by atoms with van der Waals surface area (Å²) in [5, 5.41) is 3.28. The number of alkyl halides is 3. The fraction of sp³-hybridized carbons (Fsp3) is 0.615. The van der Waals surface area contributed by atoms with Gasteiger partial charge in [-0.25, -0.2) is 4.98 Å². The molecule has 1 heterocycles. The SMILES string of the molecule is CN(CC(F)(F)F)c1cc(CNC(C)(C)C)ccn1. The third kappa shape index (κ3) is 6.42. The number of pyridine rings is 1. The highest BCUT2D eigenvalue weighted by Crippen LogP contribution is 2.20. The van der Waals surface area contributed by atoms with E-state index < -0.39 is 12.7 Å². The highest BCUT2D eigenvalue weighted by atomic mass is 19.4. The Bertz CT molecular complexity index is 410. The van der Waals surface area contributed by atoms with Crippen LogP contribution in [0.4, 0.5) is 19.0 Å². The summed E-state index contributed by atoms with van der Waals surface area (Å²) in [5.74, 6) is 0.325. The van der Waals surface area contributed by atoms with E-state index in [1.165, 1.54) is 13.2 Å².